The van der Waals surface area contributed by atoms with Crippen molar-refractivity contribution in [3.05, 3.63) is 187 Å². The van der Waals surface area contributed by atoms with Gasteiger partial charge in [-0.2, -0.15) is 5.10 Å². The highest BCUT2D eigenvalue weighted by molar-refractivity contribution is 7.90. The Morgan fingerprint density at radius 1 is 0.577 bits per heavy atom. The Hall–Kier alpha value is -6.45. The first kappa shape index (κ1) is 32.7. The fraction of sp³-hybridized carbons (Fsp3) is 0.0698. The molecule has 0 bridgehead atoms. The topological polar surface area (TPSA) is 88.2 Å². The molecule has 8 aromatic rings. The summed E-state index contributed by atoms with van der Waals surface area (Å²) in [5, 5.41) is 5.71. The number of pyridine rings is 1. The van der Waals surface area contributed by atoms with Crippen molar-refractivity contribution in [1.29, 1.82) is 0 Å². The molecule has 0 unspecified atom stereocenters. The van der Waals surface area contributed by atoms with Crippen LogP contribution in [0.5, 0.6) is 11.5 Å². The highest BCUT2D eigenvalue weighted by atomic mass is 32.2. The summed E-state index contributed by atoms with van der Waals surface area (Å²) in [4.78, 5) is 4.94. The lowest BCUT2D eigenvalue weighted by Crippen LogP contribution is -2.38. The molecular formula is C43H34N4O4S. The van der Waals surface area contributed by atoms with E-state index in [9.17, 15) is 8.42 Å². The van der Waals surface area contributed by atoms with Crippen molar-refractivity contribution in [2.24, 2.45) is 0 Å². The summed E-state index contributed by atoms with van der Waals surface area (Å²) < 4.78 is 42.7. The molecule has 3 heterocycles. The maximum atomic E-state index is 14.2. The fourth-order valence-electron chi connectivity index (χ4n) is 6.95. The Morgan fingerprint density at radius 3 is 1.69 bits per heavy atom. The van der Waals surface area contributed by atoms with Gasteiger partial charge in [-0.3, -0.25) is 4.68 Å². The molecular weight excluding hydrogens is 669 g/mol. The van der Waals surface area contributed by atoms with Crippen LogP contribution in [0.3, 0.4) is 0 Å². The first-order valence-corrected chi connectivity index (χ1v) is 18.2. The predicted molar refractivity (Wildman–Crippen MR) is 203 cm³/mol. The van der Waals surface area contributed by atoms with Crippen molar-refractivity contribution in [1.82, 2.24) is 18.7 Å². The van der Waals surface area contributed by atoms with Gasteiger partial charge in [-0.1, -0.05) is 115 Å². The van der Waals surface area contributed by atoms with Crippen LogP contribution in [-0.4, -0.2) is 41.4 Å². The van der Waals surface area contributed by atoms with Crippen molar-refractivity contribution >= 4 is 21.1 Å². The lowest BCUT2D eigenvalue weighted by molar-refractivity contribution is 0.355. The molecule has 0 N–H and O–H groups in total. The Balaban J connectivity index is 1.38. The molecule has 0 spiro atoms. The van der Waals surface area contributed by atoms with Gasteiger partial charge in [0.25, 0.3) is 10.0 Å². The molecule has 3 aromatic heterocycles. The highest BCUT2D eigenvalue weighted by Crippen LogP contribution is 2.42. The third-order valence-corrected chi connectivity index (χ3v) is 11.1. The van der Waals surface area contributed by atoms with E-state index in [0.29, 0.717) is 28.1 Å². The van der Waals surface area contributed by atoms with Gasteiger partial charge in [-0.25, -0.2) is 17.4 Å². The number of fused-ring (bicyclic) bond motifs is 1. The SMILES string of the molecule is COc1ccc(-c2cnc3c(c2)c(-c2cnn(C(c4ccccc4)(c4ccccc4)c4ccccc4)c2)cn3S(=O)(=O)c2ccccc2)cc1OC. The van der Waals surface area contributed by atoms with E-state index in [0.717, 1.165) is 33.4 Å². The van der Waals surface area contributed by atoms with Gasteiger partial charge >= 0.3 is 0 Å². The third-order valence-electron chi connectivity index (χ3n) is 9.44. The summed E-state index contributed by atoms with van der Waals surface area (Å²) in [7, 11) is -0.826. The first-order chi connectivity index (χ1) is 25.4. The molecule has 0 aliphatic heterocycles. The lowest BCUT2D eigenvalue weighted by Gasteiger charge is -2.36. The average molecular weight is 703 g/mol. The number of methoxy groups -OCH3 is 2. The van der Waals surface area contributed by atoms with Crippen molar-refractivity contribution in [3.8, 4) is 33.8 Å². The van der Waals surface area contributed by atoms with Crippen LogP contribution in [0.4, 0.5) is 0 Å². The van der Waals surface area contributed by atoms with Crippen LogP contribution in [0.25, 0.3) is 33.3 Å². The number of benzene rings is 5. The molecule has 0 amide bonds. The Morgan fingerprint density at radius 2 is 1.13 bits per heavy atom. The van der Waals surface area contributed by atoms with Gasteiger partial charge in [-0.15, -0.1) is 0 Å². The van der Waals surface area contributed by atoms with Crippen molar-refractivity contribution < 1.29 is 17.9 Å². The summed E-state index contributed by atoms with van der Waals surface area (Å²) >= 11 is 0. The second-order valence-corrected chi connectivity index (χ2v) is 14.1. The summed E-state index contributed by atoms with van der Waals surface area (Å²) in [5.41, 5.74) is 5.53. The Labute approximate surface area is 302 Å². The second kappa shape index (κ2) is 13.4. The van der Waals surface area contributed by atoms with Gasteiger partial charge < -0.3 is 9.47 Å². The largest absolute Gasteiger partial charge is 0.493 e. The predicted octanol–water partition coefficient (Wildman–Crippen LogP) is 8.66. The van der Waals surface area contributed by atoms with E-state index in [1.807, 2.05) is 89.7 Å². The number of ether oxygens (including phenoxy) is 2. The molecule has 0 fully saturated rings. The van der Waals surface area contributed by atoms with Gasteiger partial charge in [-0.05, 0) is 52.6 Å². The van der Waals surface area contributed by atoms with Crippen LogP contribution in [-0.2, 0) is 15.6 Å². The molecule has 0 saturated carbocycles. The molecule has 8 rings (SSSR count). The van der Waals surface area contributed by atoms with Crippen molar-refractivity contribution in [2.75, 3.05) is 14.2 Å². The van der Waals surface area contributed by atoms with Gasteiger partial charge in [0.2, 0.25) is 0 Å². The minimum Gasteiger partial charge on any atom is -0.493 e. The summed E-state index contributed by atoms with van der Waals surface area (Å²) in [5.74, 6) is 1.18. The molecule has 0 atom stereocenters. The molecule has 0 aliphatic rings. The third kappa shape index (κ3) is 5.43. The summed E-state index contributed by atoms with van der Waals surface area (Å²) in [6.45, 7) is 0. The monoisotopic (exact) mass is 702 g/mol. The van der Waals surface area contributed by atoms with Crippen molar-refractivity contribution in [3.63, 3.8) is 0 Å². The standard InChI is InChI=1S/C43H34N4O4S/c1-50-40-24-23-31(26-41(40)51-2)32-25-38-39(30-46(42(38)44-27-32)52(48,49)37-21-13-6-14-22-37)33-28-45-47(29-33)43(34-15-7-3-8-16-34,35-17-9-4-10-18-35)36-19-11-5-12-20-36/h3-30H,1-2H3. The zero-order chi connectivity index (χ0) is 35.7. The minimum absolute atomic E-state index is 0.163. The normalized spacial score (nSPS) is 11.8. The van der Waals surface area contributed by atoms with Crippen LogP contribution in [0.15, 0.2) is 175 Å². The zero-order valence-corrected chi connectivity index (χ0v) is 29.3. The average Bonchev–Trinajstić information content (AvgIpc) is 3.85. The Kier molecular flexibility index (Phi) is 8.41. The number of hydrogen-bond donors (Lipinski definition) is 0. The van der Waals surface area contributed by atoms with Crippen molar-refractivity contribution in [2.45, 2.75) is 10.4 Å². The molecule has 8 nitrogen and oxygen atoms in total. The summed E-state index contributed by atoms with van der Waals surface area (Å²) in [6.07, 6.45) is 7.11. The number of rotatable bonds is 10. The van der Waals surface area contributed by atoms with Crippen LogP contribution >= 0.6 is 0 Å². The van der Waals surface area contributed by atoms with E-state index >= 15 is 0 Å². The highest BCUT2D eigenvalue weighted by Gasteiger charge is 2.39. The maximum Gasteiger partial charge on any atom is 0.269 e. The molecule has 0 aliphatic carbocycles. The van der Waals surface area contributed by atoms with Crippen LogP contribution in [0, 0.1) is 0 Å². The summed E-state index contributed by atoms with van der Waals surface area (Å²) in [6, 6.07) is 46.9. The van der Waals surface area contributed by atoms with Gasteiger partial charge in [0.1, 0.15) is 5.54 Å². The lowest BCUT2D eigenvalue weighted by atomic mass is 9.77. The molecule has 52 heavy (non-hydrogen) atoms. The van der Waals surface area contributed by atoms with Crippen LogP contribution in [0.1, 0.15) is 16.7 Å². The number of nitrogens with zero attached hydrogens (tertiary/aromatic N) is 4. The quantitative estimate of drug-likeness (QED) is 0.133. The fourth-order valence-corrected chi connectivity index (χ4v) is 8.30. The van der Waals surface area contributed by atoms with Crippen LogP contribution in [0.2, 0.25) is 0 Å². The second-order valence-electron chi connectivity index (χ2n) is 12.3. The van der Waals surface area contributed by atoms with Gasteiger partial charge in [0.05, 0.1) is 25.3 Å². The number of aromatic nitrogens is 4. The van der Waals surface area contributed by atoms with Gasteiger partial charge in [0, 0.05) is 40.7 Å². The van der Waals surface area contributed by atoms with Crippen LogP contribution < -0.4 is 9.47 Å². The zero-order valence-electron chi connectivity index (χ0n) is 28.5. The van der Waals surface area contributed by atoms with E-state index in [2.05, 4.69) is 36.4 Å². The molecule has 0 radical (unpaired) electrons. The minimum atomic E-state index is -4.01. The smallest absolute Gasteiger partial charge is 0.269 e. The van der Waals surface area contributed by atoms with Gasteiger partial charge in [0.15, 0.2) is 17.1 Å². The molecule has 0 saturated heterocycles. The van der Waals surface area contributed by atoms with E-state index in [4.69, 9.17) is 19.6 Å². The van der Waals surface area contributed by atoms with E-state index in [1.165, 1.54) is 3.97 Å². The number of hydrogen-bond acceptors (Lipinski definition) is 6. The van der Waals surface area contributed by atoms with E-state index in [-0.39, 0.29) is 4.90 Å². The maximum absolute atomic E-state index is 14.2. The Bertz CT molecular complexity index is 2510. The van der Waals surface area contributed by atoms with E-state index in [1.54, 1.807) is 63.1 Å². The molecule has 256 valence electrons. The molecule has 5 aromatic carbocycles. The first-order valence-electron chi connectivity index (χ1n) is 16.7. The van der Waals surface area contributed by atoms with E-state index < -0.39 is 15.6 Å². The molecule has 9 heteroatoms.